The lowest BCUT2D eigenvalue weighted by Crippen LogP contribution is -2.16. The van der Waals surface area contributed by atoms with Crippen LogP contribution in [0.3, 0.4) is 0 Å². The van der Waals surface area contributed by atoms with Crippen LogP contribution in [-0.2, 0) is 6.42 Å². The van der Waals surface area contributed by atoms with E-state index in [4.69, 9.17) is 10.5 Å². The molecule has 0 aliphatic carbocycles. The van der Waals surface area contributed by atoms with Gasteiger partial charge in [-0.25, -0.2) is 0 Å². The first-order chi connectivity index (χ1) is 10.5. The second kappa shape index (κ2) is 7.46. The van der Waals surface area contributed by atoms with Gasteiger partial charge in [-0.05, 0) is 69.0 Å². The molecule has 0 radical (unpaired) electrons. The molecule has 2 aromatic carbocycles. The van der Waals surface area contributed by atoms with E-state index < -0.39 is 0 Å². The Balaban J connectivity index is 2.33. The van der Waals surface area contributed by atoms with Crippen molar-refractivity contribution in [3.63, 3.8) is 0 Å². The highest BCUT2D eigenvalue weighted by Gasteiger charge is 2.17. The molecular weight excluding hydrogens is 270 g/mol. The van der Waals surface area contributed by atoms with Gasteiger partial charge in [0, 0.05) is 5.92 Å². The van der Waals surface area contributed by atoms with Gasteiger partial charge in [0.05, 0.1) is 6.61 Å². The molecule has 2 rings (SSSR count). The predicted molar refractivity (Wildman–Crippen MR) is 93.8 cm³/mol. The van der Waals surface area contributed by atoms with Crippen LogP contribution in [0.4, 0.5) is 0 Å². The fourth-order valence-corrected chi connectivity index (χ4v) is 2.74. The Bertz CT molecular complexity index is 616. The van der Waals surface area contributed by atoms with Gasteiger partial charge >= 0.3 is 0 Å². The van der Waals surface area contributed by atoms with Gasteiger partial charge in [-0.15, -0.1) is 0 Å². The Morgan fingerprint density at radius 1 is 1.00 bits per heavy atom. The highest BCUT2D eigenvalue weighted by atomic mass is 16.5. The molecule has 1 atom stereocenters. The van der Waals surface area contributed by atoms with Crippen molar-refractivity contribution < 1.29 is 4.74 Å². The van der Waals surface area contributed by atoms with Gasteiger partial charge in [0.2, 0.25) is 0 Å². The second-order valence-corrected chi connectivity index (χ2v) is 6.03. The summed E-state index contributed by atoms with van der Waals surface area (Å²) in [4.78, 5) is 0. The zero-order valence-corrected chi connectivity index (χ0v) is 14.1. The smallest absolute Gasteiger partial charge is 0.123 e. The number of ether oxygens (including phenoxy) is 1. The zero-order chi connectivity index (χ0) is 16.1. The van der Waals surface area contributed by atoms with Gasteiger partial charge in [-0.3, -0.25) is 0 Å². The third-order valence-electron chi connectivity index (χ3n) is 4.25. The Morgan fingerprint density at radius 2 is 1.64 bits per heavy atom. The molecule has 0 aliphatic rings. The predicted octanol–water partition coefficient (Wildman–Crippen LogP) is 4.30. The van der Waals surface area contributed by atoms with Crippen LogP contribution in [0.15, 0.2) is 36.4 Å². The van der Waals surface area contributed by atoms with Crippen LogP contribution < -0.4 is 10.5 Å². The molecule has 22 heavy (non-hydrogen) atoms. The van der Waals surface area contributed by atoms with Crippen molar-refractivity contribution in [3.05, 3.63) is 64.2 Å². The van der Waals surface area contributed by atoms with E-state index in [2.05, 4.69) is 57.2 Å². The molecule has 0 fully saturated rings. The lowest BCUT2D eigenvalue weighted by molar-refractivity contribution is 0.333. The second-order valence-electron chi connectivity index (χ2n) is 6.03. The van der Waals surface area contributed by atoms with Crippen LogP contribution in [0.5, 0.6) is 5.75 Å². The normalized spacial score (nSPS) is 12.2. The lowest BCUT2D eigenvalue weighted by Gasteiger charge is -2.21. The summed E-state index contributed by atoms with van der Waals surface area (Å²) in [5.74, 6) is 1.26. The molecule has 2 nitrogen and oxygen atoms in total. The zero-order valence-electron chi connectivity index (χ0n) is 14.1. The van der Waals surface area contributed by atoms with E-state index in [1.165, 1.54) is 27.8 Å². The minimum Gasteiger partial charge on any atom is -0.494 e. The highest BCUT2D eigenvalue weighted by molar-refractivity contribution is 5.44. The maximum atomic E-state index is 6.08. The molecule has 0 aromatic heterocycles. The maximum Gasteiger partial charge on any atom is 0.123 e. The number of nitrogens with two attached hydrogens (primary N) is 1. The first kappa shape index (κ1) is 16.6. The van der Waals surface area contributed by atoms with E-state index in [0.717, 1.165) is 12.2 Å². The van der Waals surface area contributed by atoms with Gasteiger partial charge in [0.15, 0.2) is 0 Å². The van der Waals surface area contributed by atoms with Gasteiger partial charge in [-0.2, -0.15) is 0 Å². The van der Waals surface area contributed by atoms with Gasteiger partial charge < -0.3 is 10.5 Å². The van der Waals surface area contributed by atoms with Crippen molar-refractivity contribution in [3.8, 4) is 5.75 Å². The highest BCUT2D eigenvalue weighted by Crippen LogP contribution is 2.31. The number of benzene rings is 2. The fraction of sp³-hybridized carbons (Fsp3) is 0.400. The van der Waals surface area contributed by atoms with Crippen molar-refractivity contribution in [1.82, 2.24) is 0 Å². The van der Waals surface area contributed by atoms with Crippen molar-refractivity contribution in [2.24, 2.45) is 5.73 Å². The monoisotopic (exact) mass is 297 g/mol. The summed E-state index contributed by atoms with van der Waals surface area (Å²) in [6, 6.07) is 13.1. The van der Waals surface area contributed by atoms with Crippen LogP contribution in [0.2, 0.25) is 0 Å². The fourth-order valence-electron chi connectivity index (χ4n) is 2.74. The quantitative estimate of drug-likeness (QED) is 0.863. The standard InChI is InChI=1S/C20H27NO/c1-5-22-20-11-16(4)15(3)10-19(20)18(13-21)12-17-8-6-14(2)7-9-17/h6-11,18H,5,12-13,21H2,1-4H3. The van der Waals surface area contributed by atoms with Gasteiger partial charge in [-0.1, -0.05) is 35.9 Å². The molecule has 0 bridgehead atoms. The largest absolute Gasteiger partial charge is 0.494 e. The number of hydrogen-bond acceptors (Lipinski definition) is 2. The summed E-state index contributed by atoms with van der Waals surface area (Å²) < 4.78 is 5.86. The minimum absolute atomic E-state index is 0.281. The van der Waals surface area contributed by atoms with Crippen molar-refractivity contribution in [2.75, 3.05) is 13.2 Å². The molecule has 1 unspecified atom stereocenters. The molecule has 2 aromatic rings. The molecular formula is C20H27NO. The van der Waals surface area contributed by atoms with Crippen LogP contribution in [-0.4, -0.2) is 13.2 Å². The summed E-state index contributed by atoms with van der Waals surface area (Å²) in [6.07, 6.45) is 0.944. The summed E-state index contributed by atoms with van der Waals surface area (Å²) in [5.41, 5.74) is 12.5. The van der Waals surface area contributed by atoms with Crippen molar-refractivity contribution >= 4 is 0 Å². The molecule has 0 saturated heterocycles. The topological polar surface area (TPSA) is 35.2 Å². The van der Waals surface area contributed by atoms with E-state index in [-0.39, 0.29) is 5.92 Å². The number of hydrogen-bond donors (Lipinski definition) is 1. The lowest BCUT2D eigenvalue weighted by atomic mass is 9.89. The van der Waals surface area contributed by atoms with Crippen LogP contribution in [0, 0.1) is 20.8 Å². The Labute approximate surface area is 134 Å². The van der Waals surface area contributed by atoms with Crippen molar-refractivity contribution in [2.45, 2.75) is 40.0 Å². The Kier molecular flexibility index (Phi) is 5.62. The maximum absolute atomic E-state index is 6.08. The molecule has 0 amide bonds. The van der Waals surface area contributed by atoms with E-state index >= 15 is 0 Å². The van der Waals surface area contributed by atoms with E-state index in [1.54, 1.807) is 0 Å². The molecule has 0 aliphatic heterocycles. The molecule has 0 spiro atoms. The Hall–Kier alpha value is -1.80. The van der Waals surface area contributed by atoms with E-state index in [0.29, 0.717) is 13.2 Å². The summed E-state index contributed by atoms with van der Waals surface area (Å²) in [6.45, 7) is 9.71. The van der Waals surface area contributed by atoms with Gasteiger partial charge in [0.25, 0.3) is 0 Å². The van der Waals surface area contributed by atoms with Gasteiger partial charge in [0.1, 0.15) is 5.75 Å². The summed E-state index contributed by atoms with van der Waals surface area (Å²) >= 11 is 0. The van der Waals surface area contributed by atoms with E-state index in [1.807, 2.05) is 6.92 Å². The third kappa shape index (κ3) is 3.89. The molecule has 2 N–H and O–H groups in total. The van der Waals surface area contributed by atoms with Crippen LogP contribution in [0.1, 0.15) is 40.7 Å². The molecule has 0 heterocycles. The first-order valence-electron chi connectivity index (χ1n) is 8.04. The number of rotatable bonds is 6. The Morgan fingerprint density at radius 3 is 2.23 bits per heavy atom. The molecule has 2 heteroatoms. The molecule has 0 saturated carbocycles. The van der Waals surface area contributed by atoms with Crippen LogP contribution in [0.25, 0.3) is 0 Å². The van der Waals surface area contributed by atoms with E-state index in [9.17, 15) is 0 Å². The summed E-state index contributed by atoms with van der Waals surface area (Å²) in [5, 5.41) is 0. The first-order valence-corrected chi connectivity index (χ1v) is 8.04. The summed E-state index contributed by atoms with van der Waals surface area (Å²) in [7, 11) is 0. The molecule has 118 valence electrons. The van der Waals surface area contributed by atoms with Crippen molar-refractivity contribution in [1.29, 1.82) is 0 Å². The number of aryl methyl sites for hydroxylation is 3. The third-order valence-corrected chi connectivity index (χ3v) is 4.25. The SMILES string of the molecule is CCOc1cc(C)c(C)cc1C(CN)Cc1ccc(C)cc1. The minimum atomic E-state index is 0.281. The average Bonchev–Trinajstić information content (AvgIpc) is 2.51. The van der Waals surface area contributed by atoms with Crippen LogP contribution >= 0.6 is 0 Å². The average molecular weight is 297 g/mol.